The zero-order valence-corrected chi connectivity index (χ0v) is 13.8. The SMILES string of the molecule is CC(C)Cn1ccnc1CNC(=O)N(C)CC1CCCC1O. The molecule has 1 aromatic heterocycles. The van der Waals surface area contributed by atoms with Crippen LogP contribution in [0.1, 0.15) is 38.9 Å². The predicted molar refractivity (Wildman–Crippen MR) is 85.3 cm³/mol. The molecule has 22 heavy (non-hydrogen) atoms. The van der Waals surface area contributed by atoms with E-state index >= 15 is 0 Å². The molecule has 2 unspecified atom stereocenters. The fourth-order valence-corrected chi connectivity index (χ4v) is 3.02. The molecular weight excluding hydrogens is 280 g/mol. The van der Waals surface area contributed by atoms with Crippen LogP contribution in [0, 0.1) is 11.8 Å². The zero-order valence-electron chi connectivity index (χ0n) is 13.8. The first-order valence-electron chi connectivity index (χ1n) is 8.14. The molecule has 6 heteroatoms. The Hall–Kier alpha value is -1.56. The van der Waals surface area contributed by atoms with Crippen molar-refractivity contribution in [3.8, 4) is 0 Å². The number of amides is 2. The number of urea groups is 1. The smallest absolute Gasteiger partial charge is 0.317 e. The summed E-state index contributed by atoms with van der Waals surface area (Å²) < 4.78 is 2.08. The van der Waals surface area contributed by atoms with Gasteiger partial charge in [0.2, 0.25) is 0 Å². The number of hydrogen-bond acceptors (Lipinski definition) is 3. The first-order chi connectivity index (χ1) is 10.5. The Balaban J connectivity index is 1.80. The van der Waals surface area contributed by atoms with E-state index in [4.69, 9.17) is 0 Å². The zero-order chi connectivity index (χ0) is 16.1. The molecule has 0 aliphatic heterocycles. The Kier molecular flexibility index (Phi) is 5.83. The van der Waals surface area contributed by atoms with Crippen molar-refractivity contribution >= 4 is 6.03 Å². The lowest BCUT2D eigenvalue weighted by molar-refractivity contribution is 0.114. The van der Waals surface area contributed by atoms with E-state index in [0.717, 1.165) is 31.6 Å². The van der Waals surface area contributed by atoms with Gasteiger partial charge in [-0.2, -0.15) is 0 Å². The monoisotopic (exact) mass is 308 g/mol. The van der Waals surface area contributed by atoms with Crippen LogP contribution < -0.4 is 5.32 Å². The van der Waals surface area contributed by atoms with Gasteiger partial charge in [-0.15, -0.1) is 0 Å². The molecule has 0 bridgehead atoms. The Morgan fingerprint density at radius 3 is 2.95 bits per heavy atom. The highest BCUT2D eigenvalue weighted by Crippen LogP contribution is 2.25. The van der Waals surface area contributed by atoms with Crippen molar-refractivity contribution in [3.05, 3.63) is 18.2 Å². The van der Waals surface area contributed by atoms with E-state index in [1.54, 1.807) is 18.1 Å². The van der Waals surface area contributed by atoms with E-state index in [2.05, 4.69) is 28.7 Å². The lowest BCUT2D eigenvalue weighted by Crippen LogP contribution is -2.41. The number of nitrogens with one attached hydrogen (secondary N) is 1. The number of aliphatic hydroxyl groups excluding tert-OH is 1. The van der Waals surface area contributed by atoms with Crippen LogP contribution in [0.25, 0.3) is 0 Å². The van der Waals surface area contributed by atoms with Crippen LogP contribution in [0.2, 0.25) is 0 Å². The van der Waals surface area contributed by atoms with E-state index in [1.807, 2.05) is 6.20 Å². The van der Waals surface area contributed by atoms with Crippen LogP contribution >= 0.6 is 0 Å². The van der Waals surface area contributed by atoms with Gasteiger partial charge < -0.3 is 19.9 Å². The van der Waals surface area contributed by atoms with Gasteiger partial charge in [0, 0.05) is 38.4 Å². The van der Waals surface area contributed by atoms with Crippen LogP contribution in [-0.4, -0.2) is 45.3 Å². The van der Waals surface area contributed by atoms with Gasteiger partial charge in [0.15, 0.2) is 0 Å². The molecule has 0 radical (unpaired) electrons. The molecule has 2 rings (SSSR count). The van der Waals surface area contributed by atoms with Gasteiger partial charge in [0.05, 0.1) is 12.6 Å². The second-order valence-electron chi connectivity index (χ2n) is 6.69. The van der Waals surface area contributed by atoms with Gasteiger partial charge in [-0.3, -0.25) is 0 Å². The van der Waals surface area contributed by atoms with E-state index < -0.39 is 0 Å². The minimum Gasteiger partial charge on any atom is -0.393 e. The summed E-state index contributed by atoms with van der Waals surface area (Å²) in [6, 6.07) is -0.113. The number of carbonyl (C=O) groups excluding carboxylic acids is 1. The highest BCUT2D eigenvalue weighted by Gasteiger charge is 2.27. The third-order valence-electron chi connectivity index (χ3n) is 4.24. The molecule has 1 aliphatic carbocycles. The molecule has 1 aliphatic rings. The Morgan fingerprint density at radius 2 is 2.32 bits per heavy atom. The number of aliphatic hydroxyl groups is 1. The Labute approximate surface area is 132 Å². The van der Waals surface area contributed by atoms with Gasteiger partial charge in [-0.25, -0.2) is 9.78 Å². The number of aromatic nitrogens is 2. The Morgan fingerprint density at radius 1 is 1.55 bits per heavy atom. The Bertz CT molecular complexity index is 486. The molecule has 1 fully saturated rings. The minimum atomic E-state index is -0.264. The molecular formula is C16H28N4O2. The van der Waals surface area contributed by atoms with Crippen molar-refractivity contribution in [3.63, 3.8) is 0 Å². The molecule has 1 aromatic rings. The second kappa shape index (κ2) is 7.63. The minimum absolute atomic E-state index is 0.113. The maximum Gasteiger partial charge on any atom is 0.317 e. The van der Waals surface area contributed by atoms with Crippen molar-refractivity contribution in [2.24, 2.45) is 11.8 Å². The maximum absolute atomic E-state index is 12.2. The third kappa shape index (κ3) is 4.47. The highest BCUT2D eigenvalue weighted by atomic mass is 16.3. The van der Waals surface area contributed by atoms with Gasteiger partial charge in [-0.05, 0) is 18.8 Å². The molecule has 0 spiro atoms. The second-order valence-corrected chi connectivity index (χ2v) is 6.69. The van der Waals surface area contributed by atoms with Crippen molar-refractivity contribution in [1.82, 2.24) is 19.8 Å². The average molecular weight is 308 g/mol. The molecule has 6 nitrogen and oxygen atoms in total. The number of nitrogens with zero attached hydrogens (tertiary/aromatic N) is 3. The average Bonchev–Trinajstić information content (AvgIpc) is 3.05. The van der Waals surface area contributed by atoms with E-state index in [0.29, 0.717) is 19.0 Å². The van der Waals surface area contributed by atoms with E-state index in [9.17, 15) is 9.90 Å². The van der Waals surface area contributed by atoms with Gasteiger partial charge >= 0.3 is 6.03 Å². The fraction of sp³-hybridized carbons (Fsp3) is 0.750. The van der Waals surface area contributed by atoms with Crippen LogP contribution in [0.3, 0.4) is 0 Å². The van der Waals surface area contributed by atoms with Gasteiger partial charge in [0.25, 0.3) is 0 Å². The van der Waals surface area contributed by atoms with E-state index in [1.165, 1.54) is 0 Å². The van der Waals surface area contributed by atoms with E-state index in [-0.39, 0.29) is 18.1 Å². The maximum atomic E-state index is 12.2. The summed E-state index contributed by atoms with van der Waals surface area (Å²) in [6.45, 7) is 6.24. The lowest BCUT2D eigenvalue weighted by Gasteiger charge is -2.23. The lowest BCUT2D eigenvalue weighted by atomic mass is 10.1. The molecule has 1 saturated carbocycles. The number of hydrogen-bond donors (Lipinski definition) is 2. The van der Waals surface area contributed by atoms with Gasteiger partial charge in [0.1, 0.15) is 5.82 Å². The van der Waals surface area contributed by atoms with Crippen LogP contribution in [0.5, 0.6) is 0 Å². The first-order valence-corrected chi connectivity index (χ1v) is 8.14. The topological polar surface area (TPSA) is 70.4 Å². The van der Waals surface area contributed by atoms with Crippen molar-refractivity contribution in [1.29, 1.82) is 0 Å². The predicted octanol–water partition coefficient (Wildman–Crippen LogP) is 1.84. The summed E-state index contributed by atoms with van der Waals surface area (Å²) in [7, 11) is 1.78. The third-order valence-corrected chi connectivity index (χ3v) is 4.24. The molecule has 0 saturated heterocycles. The summed E-state index contributed by atoms with van der Waals surface area (Å²) in [4.78, 5) is 18.1. The van der Waals surface area contributed by atoms with Crippen LogP contribution in [0.4, 0.5) is 4.79 Å². The molecule has 2 atom stereocenters. The number of imidazole rings is 1. The van der Waals surface area contributed by atoms with Crippen molar-refractivity contribution in [2.75, 3.05) is 13.6 Å². The molecule has 1 heterocycles. The molecule has 2 N–H and O–H groups in total. The molecule has 124 valence electrons. The highest BCUT2D eigenvalue weighted by molar-refractivity contribution is 5.73. The normalized spacial score (nSPS) is 21.3. The van der Waals surface area contributed by atoms with Gasteiger partial charge in [-0.1, -0.05) is 20.3 Å². The summed E-state index contributed by atoms with van der Waals surface area (Å²) in [6.07, 6.45) is 6.35. The summed E-state index contributed by atoms with van der Waals surface area (Å²) in [5, 5.41) is 12.8. The standard InChI is InChI=1S/C16H28N4O2/c1-12(2)10-20-8-7-17-15(20)9-18-16(22)19(3)11-13-5-4-6-14(13)21/h7-8,12-14,21H,4-6,9-11H2,1-3H3,(H,18,22). The largest absolute Gasteiger partial charge is 0.393 e. The first kappa shape index (κ1) is 16.8. The van der Waals surface area contributed by atoms with Crippen molar-refractivity contribution < 1.29 is 9.90 Å². The summed E-state index contributed by atoms with van der Waals surface area (Å²) >= 11 is 0. The summed E-state index contributed by atoms with van der Waals surface area (Å²) in [5.74, 6) is 1.62. The fourth-order valence-electron chi connectivity index (χ4n) is 3.02. The quantitative estimate of drug-likeness (QED) is 0.842. The number of carbonyl (C=O) groups is 1. The van der Waals surface area contributed by atoms with Crippen LogP contribution in [0.15, 0.2) is 12.4 Å². The summed E-state index contributed by atoms with van der Waals surface area (Å²) in [5.41, 5.74) is 0. The molecule has 0 aromatic carbocycles. The molecule has 2 amide bonds. The van der Waals surface area contributed by atoms with Crippen molar-refractivity contribution in [2.45, 2.75) is 52.3 Å². The number of rotatable bonds is 6. The van der Waals surface area contributed by atoms with Crippen LogP contribution in [-0.2, 0) is 13.1 Å².